The smallest absolute Gasteiger partial charge is 0.408 e. The van der Waals surface area contributed by atoms with Gasteiger partial charge in [0.25, 0.3) is 0 Å². The molecule has 0 unspecified atom stereocenters. The van der Waals surface area contributed by atoms with Gasteiger partial charge in [-0.05, 0) is 32.8 Å². The Morgan fingerprint density at radius 3 is 2.25 bits per heavy atom. The van der Waals surface area contributed by atoms with Crippen molar-refractivity contribution < 1.29 is 29.0 Å². The van der Waals surface area contributed by atoms with Gasteiger partial charge in [-0.2, -0.15) is 0 Å². The minimum Gasteiger partial charge on any atom is -0.467 e. The SMILES string of the molecule is CC[C@@H](NC(=O)OC(C)(C)C)C(=O)N(Cc1ccccc1)[C@H](CO)C(=O)OC. The zero-order valence-electron chi connectivity index (χ0n) is 17.1. The maximum Gasteiger partial charge on any atom is 0.408 e. The lowest BCUT2D eigenvalue weighted by atomic mass is 10.1. The zero-order valence-corrected chi connectivity index (χ0v) is 17.1. The molecule has 28 heavy (non-hydrogen) atoms. The predicted molar refractivity (Wildman–Crippen MR) is 103 cm³/mol. The highest BCUT2D eigenvalue weighted by molar-refractivity contribution is 5.89. The van der Waals surface area contributed by atoms with E-state index in [9.17, 15) is 19.5 Å². The summed E-state index contributed by atoms with van der Waals surface area (Å²) >= 11 is 0. The second kappa shape index (κ2) is 10.7. The van der Waals surface area contributed by atoms with Gasteiger partial charge < -0.3 is 24.8 Å². The summed E-state index contributed by atoms with van der Waals surface area (Å²) in [6.07, 6.45) is -0.450. The number of aliphatic hydroxyl groups excluding tert-OH is 1. The minimum atomic E-state index is -1.19. The highest BCUT2D eigenvalue weighted by atomic mass is 16.6. The number of hydrogen-bond donors (Lipinski definition) is 2. The van der Waals surface area contributed by atoms with Crippen LogP contribution >= 0.6 is 0 Å². The number of methoxy groups -OCH3 is 1. The predicted octanol–water partition coefficient (Wildman–Crippen LogP) is 1.85. The van der Waals surface area contributed by atoms with E-state index >= 15 is 0 Å². The van der Waals surface area contributed by atoms with Crippen molar-refractivity contribution in [2.75, 3.05) is 13.7 Å². The van der Waals surface area contributed by atoms with Crippen molar-refractivity contribution in [2.24, 2.45) is 0 Å². The van der Waals surface area contributed by atoms with Gasteiger partial charge in [0.2, 0.25) is 5.91 Å². The number of aliphatic hydroxyl groups is 1. The molecule has 8 heteroatoms. The Balaban J connectivity index is 3.09. The molecule has 0 saturated carbocycles. The van der Waals surface area contributed by atoms with Gasteiger partial charge in [0.15, 0.2) is 6.04 Å². The maximum atomic E-state index is 13.1. The molecule has 1 rings (SSSR count). The number of amides is 2. The van der Waals surface area contributed by atoms with E-state index < -0.39 is 42.3 Å². The molecule has 0 fully saturated rings. The molecule has 0 spiro atoms. The number of alkyl carbamates (subject to hydrolysis) is 1. The standard InChI is InChI=1S/C20H30N2O6/c1-6-15(21-19(26)28-20(2,3)4)17(24)22(16(13-23)18(25)27-5)12-14-10-8-7-9-11-14/h7-11,15-16,23H,6,12-13H2,1-5H3,(H,21,26)/t15-,16-/m1/s1. The molecule has 0 heterocycles. The van der Waals surface area contributed by atoms with Gasteiger partial charge >= 0.3 is 12.1 Å². The van der Waals surface area contributed by atoms with Crippen LogP contribution in [-0.4, -0.2) is 59.4 Å². The van der Waals surface area contributed by atoms with Crippen LogP contribution in [0.3, 0.4) is 0 Å². The van der Waals surface area contributed by atoms with Crippen LogP contribution < -0.4 is 5.32 Å². The number of rotatable bonds is 8. The number of nitrogens with zero attached hydrogens (tertiary/aromatic N) is 1. The number of benzene rings is 1. The van der Waals surface area contributed by atoms with Crippen molar-refractivity contribution in [3.8, 4) is 0 Å². The molecule has 0 aliphatic carbocycles. The molecule has 0 aliphatic heterocycles. The van der Waals surface area contributed by atoms with E-state index in [4.69, 9.17) is 9.47 Å². The van der Waals surface area contributed by atoms with Crippen LogP contribution in [0.15, 0.2) is 30.3 Å². The Kier molecular flexibility index (Phi) is 8.91. The van der Waals surface area contributed by atoms with Crippen molar-refractivity contribution in [3.63, 3.8) is 0 Å². The summed E-state index contributed by atoms with van der Waals surface area (Å²) in [6.45, 7) is 6.36. The van der Waals surface area contributed by atoms with Crippen LogP contribution in [0, 0.1) is 0 Å². The van der Waals surface area contributed by atoms with Crippen LogP contribution in [0.25, 0.3) is 0 Å². The summed E-state index contributed by atoms with van der Waals surface area (Å²) in [5, 5.41) is 12.2. The summed E-state index contributed by atoms with van der Waals surface area (Å²) in [5.74, 6) is -1.25. The highest BCUT2D eigenvalue weighted by Gasteiger charge is 2.35. The third kappa shape index (κ3) is 7.19. The molecule has 1 aromatic carbocycles. The Morgan fingerprint density at radius 2 is 1.79 bits per heavy atom. The van der Waals surface area contributed by atoms with E-state index in [0.29, 0.717) is 0 Å². The molecule has 1 aromatic rings. The molecule has 2 atom stereocenters. The van der Waals surface area contributed by atoms with Crippen molar-refractivity contribution in [1.82, 2.24) is 10.2 Å². The molecule has 2 N–H and O–H groups in total. The van der Waals surface area contributed by atoms with Crippen molar-refractivity contribution >= 4 is 18.0 Å². The number of carbonyl (C=O) groups is 3. The van der Waals surface area contributed by atoms with E-state index in [-0.39, 0.29) is 13.0 Å². The van der Waals surface area contributed by atoms with Gasteiger partial charge in [-0.15, -0.1) is 0 Å². The van der Waals surface area contributed by atoms with E-state index in [1.807, 2.05) is 6.07 Å². The molecular formula is C20H30N2O6. The summed E-state index contributed by atoms with van der Waals surface area (Å²) in [5.41, 5.74) is 0.0553. The average molecular weight is 394 g/mol. The second-order valence-corrected chi connectivity index (χ2v) is 7.28. The fraction of sp³-hybridized carbons (Fsp3) is 0.550. The second-order valence-electron chi connectivity index (χ2n) is 7.28. The first-order valence-corrected chi connectivity index (χ1v) is 9.15. The van der Waals surface area contributed by atoms with Gasteiger partial charge in [-0.3, -0.25) is 4.79 Å². The van der Waals surface area contributed by atoms with E-state index in [1.54, 1.807) is 52.0 Å². The van der Waals surface area contributed by atoms with Gasteiger partial charge in [0.05, 0.1) is 13.7 Å². The van der Waals surface area contributed by atoms with Crippen LogP contribution in [0.4, 0.5) is 4.79 Å². The van der Waals surface area contributed by atoms with E-state index in [2.05, 4.69) is 5.32 Å². The van der Waals surface area contributed by atoms with E-state index in [1.165, 1.54) is 12.0 Å². The molecule has 0 radical (unpaired) electrons. The Hall–Kier alpha value is -2.61. The number of esters is 1. The molecule has 0 aliphatic rings. The lowest BCUT2D eigenvalue weighted by Crippen LogP contribution is -2.55. The summed E-state index contributed by atoms with van der Waals surface area (Å²) in [6, 6.07) is 6.94. The van der Waals surface area contributed by atoms with Crippen molar-refractivity contribution in [3.05, 3.63) is 35.9 Å². The van der Waals surface area contributed by atoms with Crippen LogP contribution in [0.2, 0.25) is 0 Å². The molecule has 0 aromatic heterocycles. The third-order valence-corrected chi connectivity index (χ3v) is 3.90. The first-order valence-electron chi connectivity index (χ1n) is 9.15. The van der Waals surface area contributed by atoms with Gasteiger partial charge in [0.1, 0.15) is 11.6 Å². The fourth-order valence-electron chi connectivity index (χ4n) is 2.55. The lowest BCUT2D eigenvalue weighted by molar-refractivity contribution is -0.156. The average Bonchev–Trinajstić information content (AvgIpc) is 2.64. The molecular weight excluding hydrogens is 364 g/mol. The Bertz CT molecular complexity index is 656. The normalized spacial score (nSPS) is 13.2. The fourth-order valence-corrected chi connectivity index (χ4v) is 2.55. The zero-order chi connectivity index (χ0) is 21.3. The Labute approximate surface area is 165 Å². The van der Waals surface area contributed by atoms with Crippen molar-refractivity contribution in [1.29, 1.82) is 0 Å². The topological polar surface area (TPSA) is 105 Å². The summed E-state index contributed by atoms with van der Waals surface area (Å²) < 4.78 is 9.94. The number of ether oxygens (including phenoxy) is 2. The van der Waals surface area contributed by atoms with Gasteiger partial charge in [-0.1, -0.05) is 37.3 Å². The summed E-state index contributed by atoms with van der Waals surface area (Å²) in [7, 11) is 1.19. The van der Waals surface area contributed by atoms with Crippen molar-refractivity contribution in [2.45, 2.75) is 58.3 Å². The van der Waals surface area contributed by atoms with Crippen LogP contribution in [0.5, 0.6) is 0 Å². The minimum absolute atomic E-state index is 0.0759. The Morgan fingerprint density at radius 1 is 1.18 bits per heavy atom. The molecule has 0 saturated heterocycles. The van der Waals surface area contributed by atoms with Gasteiger partial charge in [-0.25, -0.2) is 9.59 Å². The first kappa shape index (κ1) is 23.4. The summed E-state index contributed by atoms with van der Waals surface area (Å²) in [4.78, 5) is 38.6. The van der Waals surface area contributed by atoms with E-state index in [0.717, 1.165) is 5.56 Å². The third-order valence-electron chi connectivity index (χ3n) is 3.90. The molecule has 2 amide bonds. The monoisotopic (exact) mass is 394 g/mol. The van der Waals surface area contributed by atoms with Gasteiger partial charge in [0, 0.05) is 6.54 Å². The molecule has 0 bridgehead atoms. The largest absolute Gasteiger partial charge is 0.467 e. The first-order chi connectivity index (χ1) is 13.1. The molecule has 8 nitrogen and oxygen atoms in total. The number of carbonyl (C=O) groups excluding carboxylic acids is 3. The highest BCUT2D eigenvalue weighted by Crippen LogP contribution is 2.14. The molecule has 156 valence electrons. The lowest BCUT2D eigenvalue weighted by Gasteiger charge is -2.32. The van der Waals surface area contributed by atoms with Crippen LogP contribution in [0.1, 0.15) is 39.7 Å². The maximum absolute atomic E-state index is 13.1. The van der Waals surface area contributed by atoms with Crippen LogP contribution in [-0.2, 0) is 25.6 Å². The number of nitrogens with one attached hydrogen (secondary N) is 1. The number of hydrogen-bond acceptors (Lipinski definition) is 6. The quantitative estimate of drug-likeness (QED) is 0.652.